The Bertz CT molecular complexity index is 1500. The Hall–Kier alpha value is -4.97. The Labute approximate surface area is 220 Å². The molecule has 1 heterocycles. The van der Waals surface area contributed by atoms with E-state index in [0.717, 1.165) is 10.8 Å². The minimum absolute atomic E-state index is 0.0730. The first-order valence-electron chi connectivity index (χ1n) is 11.9. The zero-order chi connectivity index (χ0) is 27.2. The van der Waals surface area contributed by atoms with E-state index in [4.69, 9.17) is 24.7 Å². The Morgan fingerprint density at radius 3 is 2.61 bits per heavy atom. The number of methoxy groups -OCH3 is 1. The third kappa shape index (κ3) is 5.25. The summed E-state index contributed by atoms with van der Waals surface area (Å²) < 4.78 is 21.9. The van der Waals surface area contributed by atoms with Crippen LogP contribution in [0.2, 0.25) is 0 Å². The monoisotopic (exact) mass is 513 g/mol. The summed E-state index contributed by atoms with van der Waals surface area (Å²) in [5, 5.41) is 14.6. The average Bonchev–Trinajstić information content (AvgIpc) is 2.91. The van der Waals surface area contributed by atoms with Crippen LogP contribution in [-0.4, -0.2) is 32.2 Å². The summed E-state index contributed by atoms with van der Waals surface area (Å²) in [6.07, 6.45) is 0. The lowest BCUT2D eigenvalue weighted by Gasteiger charge is -2.27. The quantitative estimate of drug-likeness (QED) is 0.421. The molecule has 0 aliphatic carbocycles. The Morgan fingerprint density at radius 2 is 1.87 bits per heavy atom. The van der Waals surface area contributed by atoms with Gasteiger partial charge in [-0.3, -0.25) is 4.79 Å². The van der Waals surface area contributed by atoms with Gasteiger partial charge in [-0.15, -0.1) is 0 Å². The van der Waals surface area contributed by atoms with E-state index in [9.17, 15) is 14.9 Å². The first-order valence-corrected chi connectivity index (χ1v) is 11.9. The van der Waals surface area contributed by atoms with Crippen LogP contribution in [0.5, 0.6) is 11.5 Å². The van der Waals surface area contributed by atoms with Crippen LogP contribution < -0.4 is 20.5 Å². The van der Waals surface area contributed by atoms with Crippen molar-refractivity contribution in [2.45, 2.75) is 19.8 Å². The van der Waals surface area contributed by atoms with Gasteiger partial charge in [0.1, 0.15) is 17.4 Å². The molecule has 0 spiro atoms. The Balaban J connectivity index is 1.57. The molecule has 1 unspecified atom stereocenters. The van der Waals surface area contributed by atoms with Gasteiger partial charge in [0.2, 0.25) is 5.88 Å². The largest absolute Gasteiger partial charge is 0.493 e. The van der Waals surface area contributed by atoms with Gasteiger partial charge < -0.3 is 30.0 Å². The fraction of sp³-hybridized carbons (Fsp3) is 0.207. The minimum atomic E-state index is -0.828. The summed E-state index contributed by atoms with van der Waals surface area (Å²) in [6, 6.07) is 20.4. The van der Waals surface area contributed by atoms with E-state index in [1.165, 1.54) is 7.11 Å². The first kappa shape index (κ1) is 26.1. The molecule has 3 aromatic rings. The molecule has 3 N–H and O–H groups in total. The topological polar surface area (TPSA) is 133 Å². The number of rotatable bonds is 8. The zero-order valence-electron chi connectivity index (χ0n) is 21.2. The highest BCUT2D eigenvalue weighted by molar-refractivity contribution is 6.02. The van der Waals surface area contributed by atoms with Crippen LogP contribution in [0.15, 0.2) is 83.5 Å². The molecule has 3 aromatic carbocycles. The first-order chi connectivity index (χ1) is 18.4. The molecule has 194 valence electrons. The van der Waals surface area contributed by atoms with Gasteiger partial charge >= 0.3 is 5.97 Å². The van der Waals surface area contributed by atoms with E-state index in [2.05, 4.69) is 5.32 Å². The molecule has 1 aliphatic rings. The van der Waals surface area contributed by atoms with Crippen molar-refractivity contribution in [1.82, 2.24) is 0 Å². The number of anilines is 1. The fourth-order valence-corrected chi connectivity index (χ4v) is 4.34. The van der Waals surface area contributed by atoms with Gasteiger partial charge in [-0.05, 0) is 43.0 Å². The van der Waals surface area contributed by atoms with Gasteiger partial charge in [-0.25, -0.2) is 4.79 Å². The fourth-order valence-electron chi connectivity index (χ4n) is 4.34. The minimum Gasteiger partial charge on any atom is -0.493 e. The van der Waals surface area contributed by atoms with E-state index in [0.29, 0.717) is 22.7 Å². The number of nitrogens with one attached hydrogen (secondary N) is 1. The maximum Gasteiger partial charge on any atom is 0.338 e. The molecular formula is C29H27N3O6. The molecular weight excluding hydrogens is 486 g/mol. The predicted molar refractivity (Wildman–Crippen MR) is 141 cm³/mol. The summed E-state index contributed by atoms with van der Waals surface area (Å²) in [6.45, 7) is 3.16. The van der Waals surface area contributed by atoms with Gasteiger partial charge in [0, 0.05) is 11.1 Å². The molecule has 0 bridgehead atoms. The van der Waals surface area contributed by atoms with Crippen LogP contribution in [-0.2, 0) is 19.1 Å². The van der Waals surface area contributed by atoms with E-state index in [1.807, 2.05) is 48.5 Å². The van der Waals surface area contributed by atoms with Gasteiger partial charge in [0.15, 0.2) is 18.1 Å². The van der Waals surface area contributed by atoms with Crippen molar-refractivity contribution < 1.29 is 28.5 Å². The number of esters is 1. The number of carbonyl (C=O) groups excluding carboxylic acids is 2. The van der Waals surface area contributed by atoms with E-state index < -0.39 is 11.9 Å². The van der Waals surface area contributed by atoms with Gasteiger partial charge in [-0.2, -0.15) is 5.26 Å². The molecule has 1 aliphatic heterocycles. The summed E-state index contributed by atoms with van der Waals surface area (Å²) >= 11 is 0. The van der Waals surface area contributed by atoms with Crippen molar-refractivity contribution in [1.29, 1.82) is 5.26 Å². The summed E-state index contributed by atoms with van der Waals surface area (Å²) in [5.74, 6) is -1.01. The highest BCUT2D eigenvalue weighted by Crippen LogP contribution is 2.42. The average molecular weight is 514 g/mol. The third-order valence-electron chi connectivity index (χ3n) is 6.04. The van der Waals surface area contributed by atoms with Gasteiger partial charge in [0.05, 0.1) is 25.2 Å². The lowest BCUT2D eigenvalue weighted by molar-refractivity contribution is -0.139. The number of allylic oxidation sites excluding steroid dienone is 2. The number of ether oxygens (including phenoxy) is 4. The molecule has 1 atom stereocenters. The summed E-state index contributed by atoms with van der Waals surface area (Å²) in [7, 11) is 1.45. The lowest BCUT2D eigenvalue weighted by atomic mass is 9.83. The normalized spacial score (nSPS) is 14.9. The highest BCUT2D eigenvalue weighted by Gasteiger charge is 2.36. The molecule has 9 nitrogen and oxygen atoms in total. The van der Waals surface area contributed by atoms with Crippen molar-refractivity contribution in [2.24, 2.45) is 5.73 Å². The third-order valence-corrected chi connectivity index (χ3v) is 6.04. The number of hydrogen-bond donors (Lipinski definition) is 2. The smallest absolute Gasteiger partial charge is 0.338 e. The maximum absolute atomic E-state index is 12.8. The molecule has 0 saturated heterocycles. The van der Waals surface area contributed by atoms with E-state index >= 15 is 0 Å². The second-order valence-electron chi connectivity index (χ2n) is 8.39. The van der Waals surface area contributed by atoms with Crippen LogP contribution >= 0.6 is 0 Å². The highest BCUT2D eigenvalue weighted by atomic mass is 16.5. The van der Waals surface area contributed by atoms with Crippen molar-refractivity contribution in [3.8, 4) is 17.6 Å². The molecule has 4 rings (SSSR count). The number of nitriles is 1. The second kappa shape index (κ2) is 11.4. The van der Waals surface area contributed by atoms with Crippen molar-refractivity contribution >= 4 is 28.3 Å². The van der Waals surface area contributed by atoms with E-state index in [1.54, 1.807) is 32.0 Å². The molecule has 9 heteroatoms. The van der Waals surface area contributed by atoms with Crippen LogP contribution in [0.3, 0.4) is 0 Å². The van der Waals surface area contributed by atoms with Gasteiger partial charge in [0.25, 0.3) is 5.91 Å². The number of fused-ring (bicyclic) bond motifs is 1. The molecule has 1 amide bonds. The number of hydrogen-bond acceptors (Lipinski definition) is 8. The molecule has 38 heavy (non-hydrogen) atoms. The summed E-state index contributed by atoms with van der Waals surface area (Å²) in [4.78, 5) is 25.4. The number of nitrogens with zero attached hydrogens (tertiary/aromatic N) is 1. The number of carbonyl (C=O) groups is 2. The van der Waals surface area contributed by atoms with Crippen molar-refractivity contribution in [3.63, 3.8) is 0 Å². The number of benzene rings is 3. The van der Waals surface area contributed by atoms with Gasteiger partial charge in [-0.1, -0.05) is 42.5 Å². The molecule has 0 radical (unpaired) electrons. The molecule has 0 fully saturated rings. The number of amides is 1. The SMILES string of the molecule is CCOC(=O)C1=C(C)OC(N)=C(C#N)C1c1ccc(OCC(=O)Nc2cccc3ccccc23)c(OC)c1. The lowest BCUT2D eigenvalue weighted by Crippen LogP contribution is -2.25. The standard InChI is InChI=1S/C29H27N3O6/c1-4-36-29(34)26-17(2)38-28(31)21(15-30)27(26)19-12-13-23(24(14-19)35-3)37-16-25(33)32-22-11-7-9-18-8-5-6-10-20(18)22/h5-14,27H,4,16,31H2,1-3H3,(H,32,33). The van der Waals surface area contributed by atoms with Crippen LogP contribution in [0.1, 0.15) is 25.3 Å². The molecule has 0 saturated carbocycles. The van der Waals surface area contributed by atoms with Crippen LogP contribution in [0.4, 0.5) is 5.69 Å². The Morgan fingerprint density at radius 1 is 1.11 bits per heavy atom. The summed E-state index contributed by atoms with van der Waals surface area (Å²) in [5.41, 5.74) is 7.44. The van der Waals surface area contributed by atoms with Crippen LogP contribution in [0.25, 0.3) is 10.8 Å². The number of nitrogens with two attached hydrogens (primary N) is 1. The zero-order valence-corrected chi connectivity index (χ0v) is 21.2. The maximum atomic E-state index is 12.8. The van der Waals surface area contributed by atoms with Crippen LogP contribution in [0, 0.1) is 11.3 Å². The Kier molecular flexibility index (Phi) is 7.83. The van der Waals surface area contributed by atoms with Crippen molar-refractivity contribution in [3.05, 3.63) is 89.0 Å². The predicted octanol–water partition coefficient (Wildman–Crippen LogP) is 4.51. The van der Waals surface area contributed by atoms with E-state index in [-0.39, 0.29) is 41.9 Å². The van der Waals surface area contributed by atoms with Crippen molar-refractivity contribution in [2.75, 3.05) is 25.6 Å². The second-order valence-corrected chi connectivity index (χ2v) is 8.39. The molecule has 0 aromatic heterocycles.